The Morgan fingerprint density at radius 1 is 0.957 bits per heavy atom. The molecule has 0 radical (unpaired) electrons. The van der Waals surface area contributed by atoms with Crippen LogP contribution in [0.15, 0.2) is 48.5 Å². The Kier molecular flexibility index (Phi) is 6.29. The minimum Gasteiger partial charge on any atom is -0.491 e. The molecular formula is C18H21ClN2O2. The molecule has 2 N–H and O–H groups in total. The molecule has 0 spiro atoms. The molecule has 2 rings (SSSR count). The fraction of sp³-hybridized carbons (Fsp3) is 0.278. The Labute approximate surface area is 141 Å². The normalized spacial score (nSPS) is 10.4. The van der Waals surface area contributed by atoms with Crippen LogP contribution in [0.5, 0.6) is 5.75 Å². The fourth-order valence-electron chi connectivity index (χ4n) is 1.99. The van der Waals surface area contributed by atoms with E-state index < -0.39 is 0 Å². The van der Waals surface area contributed by atoms with E-state index in [4.69, 9.17) is 16.3 Å². The number of rotatable bonds is 6. The molecule has 0 aromatic heterocycles. The summed E-state index contributed by atoms with van der Waals surface area (Å²) in [6.45, 7) is 4.90. The third kappa shape index (κ3) is 6.20. The first-order valence-corrected chi connectivity index (χ1v) is 7.92. The van der Waals surface area contributed by atoms with Crippen LogP contribution in [0, 0.1) is 0 Å². The van der Waals surface area contributed by atoms with Crippen LogP contribution in [0.1, 0.15) is 25.0 Å². The monoisotopic (exact) mass is 332 g/mol. The number of urea groups is 1. The summed E-state index contributed by atoms with van der Waals surface area (Å²) in [6, 6.07) is 14.9. The molecular weight excluding hydrogens is 312 g/mol. The highest BCUT2D eigenvalue weighted by Crippen LogP contribution is 2.13. The van der Waals surface area contributed by atoms with Gasteiger partial charge in [-0.25, -0.2) is 4.79 Å². The average molecular weight is 333 g/mol. The summed E-state index contributed by atoms with van der Waals surface area (Å²) in [5.74, 6) is 0.830. The molecule has 0 atom stereocenters. The Balaban J connectivity index is 1.74. The average Bonchev–Trinajstić information content (AvgIpc) is 2.53. The molecule has 0 unspecified atom stereocenters. The smallest absolute Gasteiger partial charge is 0.315 e. The summed E-state index contributed by atoms with van der Waals surface area (Å²) in [6.07, 6.45) is 0.151. The van der Waals surface area contributed by atoms with Crippen LogP contribution in [-0.2, 0) is 13.1 Å². The van der Waals surface area contributed by atoms with E-state index in [9.17, 15) is 4.79 Å². The van der Waals surface area contributed by atoms with Crippen LogP contribution < -0.4 is 15.4 Å². The van der Waals surface area contributed by atoms with Crippen LogP contribution in [0.2, 0.25) is 5.02 Å². The maximum Gasteiger partial charge on any atom is 0.315 e. The Bertz CT molecular complexity index is 624. The van der Waals surface area contributed by atoms with E-state index in [1.54, 1.807) is 12.1 Å². The van der Waals surface area contributed by atoms with E-state index in [0.717, 1.165) is 16.9 Å². The van der Waals surface area contributed by atoms with Crippen molar-refractivity contribution < 1.29 is 9.53 Å². The van der Waals surface area contributed by atoms with E-state index in [-0.39, 0.29) is 12.1 Å². The minimum atomic E-state index is -0.206. The van der Waals surface area contributed by atoms with Crippen molar-refractivity contribution in [2.45, 2.75) is 33.0 Å². The van der Waals surface area contributed by atoms with Crippen LogP contribution in [0.4, 0.5) is 4.79 Å². The summed E-state index contributed by atoms with van der Waals surface area (Å²) >= 11 is 5.82. The summed E-state index contributed by atoms with van der Waals surface area (Å²) in [5.41, 5.74) is 2.02. The Morgan fingerprint density at radius 2 is 1.43 bits per heavy atom. The van der Waals surface area contributed by atoms with Gasteiger partial charge >= 0.3 is 6.03 Å². The standard InChI is InChI=1S/C18H21ClN2O2/c1-13(2)23-17-9-5-15(6-10-17)12-21-18(22)20-11-14-3-7-16(19)8-4-14/h3-10,13H,11-12H2,1-2H3,(H2,20,21,22). The third-order valence-electron chi connectivity index (χ3n) is 3.11. The molecule has 0 aliphatic carbocycles. The van der Waals surface area contributed by atoms with Crippen molar-refractivity contribution in [3.63, 3.8) is 0 Å². The zero-order valence-corrected chi connectivity index (χ0v) is 14.1. The van der Waals surface area contributed by atoms with Crippen LogP contribution in [0.25, 0.3) is 0 Å². The van der Waals surface area contributed by atoms with Gasteiger partial charge < -0.3 is 15.4 Å². The van der Waals surface area contributed by atoms with Gasteiger partial charge in [-0.3, -0.25) is 0 Å². The highest BCUT2D eigenvalue weighted by atomic mass is 35.5. The minimum absolute atomic E-state index is 0.151. The van der Waals surface area contributed by atoms with Gasteiger partial charge in [0.15, 0.2) is 0 Å². The molecule has 0 saturated heterocycles. The Hall–Kier alpha value is -2.20. The van der Waals surface area contributed by atoms with Gasteiger partial charge in [0.05, 0.1) is 6.10 Å². The van der Waals surface area contributed by atoms with E-state index in [0.29, 0.717) is 18.1 Å². The summed E-state index contributed by atoms with van der Waals surface area (Å²) < 4.78 is 5.58. The molecule has 0 heterocycles. The number of ether oxygens (including phenoxy) is 1. The number of halogens is 1. The molecule has 0 bridgehead atoms. The number of hydrogen-bond acceptors (Lipinski definition) is 2. The lowest BCUT2D eigenvalue weighted by Gasteiger charge is -2.11. The SMILES string of the molecule is CC(C)Oc1ccc(CNC(=O)NCc2ccc(Cl)cc2)cc1. The lowest BCUT2D eigenvalue weighted by Crippen LogP contribution is -2.34. The van der Waals surface area contributed by atoms with E-state index >= 15 is 0 Å². The predicted molar refractivity (Wildman–Crippen MR) is 92.7 cm³/mol. The van der Waals surface area contributed by atoms with Crippen LogP contribution >= 0.6 is 11.6 Å². The van der Waals surface area contributed by atoms with Crippen molar-refractivity contribution in [3.8, 4) is 5.75 Å². The molecule has 23 heavy (non-hydrogen) atoms. The first kappa shape index (κ1) is 17.2. The molecule has 0 aliphatic rings. The first-order chi connectivity index (χ1) is 11.0. The number of hydrogen-bond donors (Lipinski definition) is 2. The third-order valence-corrected chi connectivity index (χ3v) is 3.37. The van der Waals surface area contributed by atoms with Gasteiger partial charge in [0, 0.05) is 18.1 Å². The lowest BCUT2D eigenvalue weighted by atomic mass is 10.2. The van der Waals surface area contributed by atoms with Gasteiger partial charge in [0.25, 0.3) is 0 Å². The molecule has 122 valence electrons. The van der Waals surface area contributed by atoms with Crippen molar-refractivity contribution in [3.05, 3.63) is 64.7 Å². The highest BCUT2D eigenvalue weighted by molar-refractivity contribution is 6.30. The number of amides is 2. The summed E-state index contributed by atoms with van der Waals surface area (Å²) in [4.78, 5) is 11.8. The second-order valence-electron chi connectivity index (χ2n) is 5.47. The van der Waals surface area contributed by atoms with Gasteiger partial charge in [-0.15, -0.1) is 0 Å². The van der Waals surface area contributed by atoms with Crippen molar-refractivity contribution in [2.24, 2.45) is 0 Å². The van der Waals surface area contributed by atoms with E-state index in [1.807, 2.05) is 50.2 Å². The molecule has 2 amide bonds. The maximum atomic E-state index is 11.8. The number of nitrogens with one attached hydrogen (secondary N) is 2. The van der Waals surface area contributed by atoms with E-state index in [2.05, 4.69) is 10.6 Å². The lowest BCUT2D eigenvalue weighted by molar-refractivity contribution is 0.240. The van der Waals surface area contributed by atoms with Gasteiger partial charge in [-0.1, -0.05) is 35.9 Å². The second-order valence-corrected chi connectivity index (χ2v) is 5.91. The number of carbonyl (C=O) groups excluding carboxylic acids is 1. The van der Waals surface area contributed by atoms with Crippen molar-refractivity contribution in [2.75, 3.05) is 0 Å². The van der Waals surface area contributed by atoms with Crippen LogP contribution in [0.3, 0.4) is 0 Å². The topological polar surface area (TPSA) is 50.4 Å². The second kappa shape index (κ2) is 8.44. The first-order valence-electron chi connectivity index (χ1n) is 7.54. The molecule has 0 aliphatic heterocycles. The summed E-state index contributed by atoms with van der Waals surface area (Å²) in [7, 11) is 0. The van der Waals surface area contributed by atoms with Crippen molar-refractivity contribution in [1.82, 2.24) is 10.6 Å². The zero-order valence-electron chi connectivity index (χ0n) is 13.3. The van der Waals surface area contributed by atoms with Gasteiger partial charge in [0.1, 0.15) is 5.75 Å². The summed E-state index contributed by atoms with van der Waals surface area (Å²) in [5, 5.41) is 6.32. The quantitative estimate of drug-likeness (QED) is 0.835. The maximum absolute atomic E-state index is 11.8. The fourth-order valence-corrected chi connectivity index (χ4v) is 2.11. The Morgan fingerprint density at radius 3 is 1.91 bits per heavy atom. The number of benzene rings is 2. The number of carbonyl (C=O) groups is 1. The van der Waals surface area contributed by atoms with Gasteiger partial charge in [0.2, 0.25) is 0 Å². The molecule has 2 aromatic carbocycles. The zero-order chi connectivity index (χ0) is 16.7. The van der Waals surface area contributed by atoms with Crippen molar-refractivity contribution >= 4 is 17.6 Å². The van der Waals surface area contributed by atoms with Crippen molar-refractivity contribution in [1.29, 1.82) is 0 Å². The van der Waals surface area contributed by atoms with E-state index in [1.165, 1.54) is 0 Å². The highest BCUT2D eigenvalue weighted by Gasteiger charge is 2.02. The predicted octanol–water partition coefficient (Wildman–Crippen LogP) is 4.13. The van der Waals surface area contributed by atoms with Gasteiger partial charge in [-0.2, -0.15) is 0 Å². The molecule has 5 heteroatoms. The molecule has 0 saturated carbocycles. The molecule has 2 aromatic rings. The van der Waals surface area contributed by atoms with Gasteiger partial charge in [-0.05, 0) is 49.2 Å². The molecule has 0 fully saturated rings. The largest absolute Gasteiger partial charge is 0.491 e. The van der Waals surface area contributed by atoms with Crippen LogP contribution in [-0.4, -0.2) is 12.1 Å². The molecule has 4 nitrogen and oxygen atoms in total.